The van der Waals surface area contributed by atoms with Crippen LogP contribution in [0.3, 0.4) is 0 Å². The summed E-state index contributed by atoms with van der Waals surface area (Å²) in [5.74, 6) is -2.56. The van der Waals surface area contributed by atoms with Crippen LogP contribution in [0, 0.1) is 23.7 Å². The average molecular weight is 873 g/mol. The van der Waals surface area contributed by atoms with Crippen molar-refractivity contribution < 1.29 is 67.5 Å². The van der Waals surface area contributed by atoms with Gasteiger partial charge in [0.1, 0.15) is 42.0 Å². The Balaban J connectivity index is 1.18. The number of fused-ring (bicyclic) bond motifs is 2. The van der Waals surface area contributed by atoms with Gasteiger partial charge in [-0.2, -0.15) is 0 Å². The van der Waals surface area contributed by atoms with Crippen LogP contribution < -0.4 is 0 Å². The highest BCUT2D eigenvalue weighted by molar-refractivity contribution is 5.78. The number of methoxy groups -OCH3 is 2. The van der Waals surface area contributed by atoms with Crippen molar-refractivity contribution in [2.24, 2.45) is 23.7 Å². The molecular weight excluding hydrogens is 801 g/mol. The minimum Gasteiger partial charge on any atom is -0.462 e. The van der Waals surface area contributed by atoms with Gasteiger partial charge in [0.05, 0.1) is 49.3 Å². The van der Waals surface area contributed by atoms with Crippen LogP contribution in [0.4, 0.5) is 0 Å². The van der Waals surface area contributed by atoms with Crippen molar-refractivity contribution in [3.05, 3.63) is 59.3 Å². The van der Waals surface area contributed by atoms with Crippen LogP contribution in [0.5, 0.6) is 0 Å². The molecule has 6 aliphatic heterocycles. The fraction of sp³-hybridized carbons (Fsp3) is 0.771. The van der Waals surface area contributed by atoms with Gasteiger partial charge in [-0.05, 0) is 62.8 Å². The van der Waals surface area contributed by atoms with Crippen LogP contribution >= 0.6 is 0 Å². The number of allylic oxidation sites excluding steroid dienone is 2. The Morgan fingerprint density at radius 2 is 1.60 bits per heavy atom. The van der Waals surface area contributed by atoms with E-state index in [-0.39, 0.29) is 42.7 Å². The number of hydrogen-bond acceptors (Lipinski definition) is 14. The van der Waals surface area contributed by atoms with Crippen molar-refractivity contribution in [1.29, 1.82) is 0 Å². The molecule has 1 aliphatic carbocycles. The Morgan fingerprint density at radius 3 is 2.32 bits per heavy atom. The molecule has 348 valence electrons. The Kier molecular flexibility index (Phi) is 15.1. The summed E-state index contributed by atoms with van der Waals surface area (Å²) >= 11 is 0. The summed E-state index contributed by atoms with van der Waals surface area (Å²) < 4.78 is 63.7. The zero-order valence-corrected chi connectivity index (χ0v) is 38.2. The normalized spacial score (nSPS) is 47.0. The van der Waals surface area contributed by atoms with Gasteiger partial charge in [0.2, 0.25) is 0 Å². The molecule has 0 radical (unpaired) electrons. The zero-order chi connectivity index (χ0) is 44.7. The minimum atomic E-state index is -1.84. The number of esters is 1. The lowest BCUT2D eigenvalue weighted by Crippen LogP contribution is -2.58. The Morgan fingerprint density at radius 1 is 0.887 bits per heavy atom. The first kappa shape index (κ1) is 47.6. The maximum Gasteiger partial charge on any atom is 0.316 e. The molecule has 62 heavy (non-hydrogen) atoms. The molecule has 3 N–H and O–H groups in total. The molecule has 0 saturated carbocycles. The van der Waals surface area contributed by atoms with Crippen LogP contribution in [0.1, 0.15) is 93.9 Å². The lowest BCUT2D eigenvalue weighted by Gasteiger charge is -2.48. The number of carbonyl (C=O) groups excluding carboxylic acids is 1. The van der Waals surface area contributed by atoms with E-state index >= 15 is 0 Å². The third-order valence-corrected chi connectivity index (χ3v) is 14.5. The van der Waals surface area contributed by atoms with Gasteiger partial charge in [-0.15, -0.1) is 0 Å². The van der Waals surface area contributed by atoms with Gasteiger partial charge in [-0.1, -0.05) is 70.6 Å². The second-order valence-corrected chi connectivity index (χ2v) is 19.0. The topological polar surface area (TPSA) is 170 Å². The number of aliphatic hydroxyl groups excluding tert-OH is 2. The number of rotatable bonds is 8. The quantitative estimate of drug-likeness (QED) is 0.210. The van der Waals surface area contributed by atoms with Gasteiger partial charge in [0.15, 0.2) is 18.4 Å². The molecular formula is C48H72O14. The standard InChI is InChI=1S/C48H72O14/c1-11-25(2)43-28(5)17-18-47(62-43)23-34-20-33(61-47)16-15-27(4)42(26(3)13-12-14-32-24-55-45-40(49)29(6)19-35(46(51)58-34)48(32,45)52)59-39-22-37(54-10)44(31(8)57-39)60-38-21-36(53-9)41(50)30(7)56-38/h12-15,17-19,25-26,28,30-31,33-45,49-50,52H,11,16,20-24H2,1-10H3/t25?,26-,28-,30-,31-,33+,34-,35-,36-,37-,38-,39-,40+,41-,42-,43+,44-,45+,47+,48+/m0/s1. The molecule has 0 aromatic carbocycles. The van der Waals surface area contributed by atoms with Crippen molar-refractivity contribution in [3.8, 4) is 0 Å². The van der Waals surface area contributed by atoms with Crippen LogP contribution in [-0.2, 0) is 52.2 Å². The fourth-order valence-electron chi connectivity index (χ4n) is 10.6. The highest BCUT2D eigenvalue weighted by atomic mass is 16.7. The summed E-state index contributed by atoms with van der Waals surface area (Å²) in [6.07, 6.45) is 8.55. The minimum absolute atomic E-state index is 0.0317. The van der Waals surface area contributed by atoms with E-state index in [0.717, 1.165) is 12.0 Å². The van der Waals surface area contributed by atoms with E-state index in [1.807, 2.05) is 32.1 Å². The SMILES string of the molecule is CCC(C)[C@H]1O[C@]2(C=C[C@@H]1C)C[C@@H]1C[C@@H](CC=C(C)[C@@H](O[C@H]3C[C@H](OC)[C@@H](O[C@H]4C[C@H](OC)[C@@H](O)[C@H](C)O4)[C@H](C)O3)[C@@H](C)C=CC=C3CO[C@@H]4[C@H](O)C(C)=C[C@@H](C(=O)O1)[C@]34O)O2. The lowest BCUT2D eigenvalue weighted by molar-refractivity contribution is -0.318. The summed E-state index contributed by atoms with van der Waals surface area (Å²) in [6.45, 7) is 16.1. The van der Waals surface area contributed by atoms with Crippen molar-refractivity contribution in [2.75, 3.05) is 20.8 Å². The molecule has 14 nitrogen and oxygen atoms in total. The highest BCUT2D eigenvalue weighted by Crippen LogP contribution is 2.47. The van der Waals surface area contributed by atoms with Crippen molar-refractivity contribution in [2.45, 2.75) is 191 Å². The van der Waals surface area contributed by atoms with E-state index < -0.39 is 90.8 Å². The van der Waals surface area contributed by atoms with Crippen LogP contribution in [-0.4, -0.2) is 139 Å². The summed E-state index contributed by atoms with van der Waals surface area (Å²) in [4.78, 5) is 14.3. The van der Waals surface area contributed by atoms with E-state index in [4.69, 9.17) is 47.4 Å². The first-order chi connectivity index (χ1) is 29.5. The maximum atomic E-state index is 14.3. The van der Waals surface area contributed by atoms with E-state index in [1.165, 1.54) is 0 Å². The van der Waals surface area contributed by atoms with Gasteiger partial charge < -0.3 is 62.7 Å². The molecule has 2 bridgehead atoms. The molecule has 1 spiro atoms. The van der Waals surface area contributed by atoms with Gasteiger partial charge >= 0.3 is 5.97 Å². The second kappa shape index (κ2) is 19.7. The monoisotopic (exact) mass is 872 g/mol. The number of carbonyl (C=O) groups is 1. The van der Waals surface area contributed by atoms with Crippen LogP contribution in [0.15, 0.2) is 59.3 Å². The Hall–Kier alpha value is -2.31. The van der Waals surface area contributed by atoms with Gasteiger partial charge in [0.25, 0.3) is 0 Å². The highest BCUT2D eigenvalue weighted by Gasteiger charge is 2.60. The largest absolute Gasteiger partial charge is 0.462 e. The molecule has 7 aliphatic rings. The van der Waals surface area contributed by atoms with E-state index in [1.54, 1.807) is 40.2 Å². The smallest absolute Gasteiger partial charge is 0.316 e. The van der Waals surface area contributed by atoms with E-state index in [2.05, 4.69) is 39.8 Å². The zero-order valence-electron chi connectivity index (χ0n) is 38.2. The lowest BCUT2D eigenvalue weighted by atomic mass is 9.71. The second-order valence-electron chi connectivity index (χ2n) is 19.0. The molecule has 20 atom stereocenters. The summed E-state index contributed by atoms with van der Waals surface area (Å²) in [7, 11) is 3.22. The summed E-state index contributed by atoms with van der Waals surface area (Å²) in [5.41, 5.74) is 0.134. The van der Waals surface area contributed by atoms with Crippen molar-refractivity contribution in [1.82, 2.24) is 0 Å². The first-order valence-electron chi connectivity index (χ1n) is 22.9. The number of hydrogen-bond donors (Lipinski definition) is 3. The molecule has 14 heteroatoms. The molecule has 4 saturated heterocycles. The third-order valence-electron chi connectivity index (χ3n) is 14.5. The molecule has 7 rings (SSSR count). The molecule has 6 heterocycles. The maximum absolute atomic E-state index is 14.3. The summed E-state index contributed by atoms with van der Waals surface area (Å²) in [6, 6.07) is 0. The first-order valence-corrected chi connectivity index (χ1v) is 22.9. The number of aliphatic hydroxyl groups is 3. The predicted molar refractivity (Wildman–Crippen MR) is 227 cm³/mol. The average Bonchev–Trinajstić information content (AvgIpc) is 3.58. The van der Waals surface area contributed by atoms with Crippen LogP contribution in [0.25, 0.3) is 0 Å². The van der Waals surface area contributed by atoms with Gasteiger partial charge in [0, 0.05) is 51.7 Å². The molecule has 4 fully saturated rings. The summed E-state index contributed by atoms with van der Waals surface area (Å²) in [5, 5.41) is 34.2. The van der Waals surface area contributed by atoms with Gasteiger partial charge in [-0.25, -0.2) is 0 Å². The Bertz CT molecular complexity index is 1730. The van der Waals surface area contributed by atoms with Gasteiger partial charge in [-0.3, -0.25) is 4.79 Å². The Labute approximate surface area is 367 Å². The van der Waals surface area contributed by atoms with E-state index in [9.17, 15) is 20.1 Å². The van der Waals surface area contributed by atoms with E-state index in [0.29, 0.717) is 43.3 Å². The number of ether oxygens (including phenoxy) is 10. The third kappa shape index (κ3) is 9.64. The molecule has 0 amide bonds. The molecule has 1 unspecified atom stereocenters. The van der Waals surface area contributed by atoms with Crippen molar-refractivity contribution >= 4 is 5.97 Å². The predicted octanol–water partition coefficient (Wildman–Crippen LogP) is 5.38. The molecule has 0 aromatic heterocycles. The van der Waals surface area contributed by atoms with Crippen molar-refractivity contribution in [3.63, 3.8) is 0 Å². The van der Waals surface area contributed by atoms with Crippen LogP contribution in [0.2, 0.25) is 0 Å². The fourth-order valence-corrected chi connectivity index (χ4v) is 10.6. The molecule has 0 aromatic rings.